The summed E-state index contributed by atoms with van der Waals surface area (Å²) in [4.78, 5) is 3.84. The lowest BCUT2D eigenvalue weighted by atomic mass is 10.1. The molecule has 1 aromatic carbocycles. The summed E-state index contributed by atoms with van der Waals surface area (Å²) >= 11 is 0. The number of ether oxygens (including phenoxy) is 3. The van der Waals surface area contributed by atoms with Crippen LogP contribution in [-0.4, -0.2) is 44.9 Å². The highest BCUT2D eigenvalue weighted by atomic mass is 32.2. The third-order valence-electron chi connectivity index (χ3n) is 2.68. The second kappa shape index (κ2) is 5.58. The van der Waals surface area contributed by atoms with Gasteiger partial charge >= 0.3 is 0 Å². The molecule has 1 heterocycles. The number of nitrogens with two attached hydrogens (primary N) is 1. The number of hydrogen-bond donors (Lipinski definition) is 2. The van der Waals surface area contributed by atoms with E-state index in [-0.39, 0.29) is 5.82 Å². The fourth-order valence-electron chi connectivity index (χ4n) is 1.70. The first-order chi connectivity index (χ1) is 9.90. The first-order valence-corrected chi connectivity index (χ1v) is 7.21. The number of benzene rings is 1. The Balaban J connectivity index is 2.60. The molecule has 10 heteroatoms. The number of aromatic amines is 1. The van der Waals surface area contributed by atoms with Gasteiger partial charge in [-0.3, -0.25) is 0 Å². The highest BCUT2D eigenvalue weighted by Crippen LogP contribution is 2.38. The van der Waals surface area contributed by atoms with E-state index in [4.69, 9.17) is 19.3 Å². The van der Waals surface area contributed by atoms with E-state index in [1.807, 2.05) is 0 Å². The molecule has 3 N–H and O–H groups in total. The van der Waals surface area contributed by atoms with Crippen molar-refractivity contribution in [3.63, 3.8) is 0 Å². The zero-order chi connectivity index (χ0) is 15.6. The standard InChI is InChI=1S/C11H14N4O5S/c1-18-7-5-9(20-3)8(19-2)4-6(7)10-13-11(15-14-10)21(12,16)17/h4-5H,1-3H3,(H2,12,16,17)(H,13,14,15). The van der Waals surface area contributed by atoms with Crippen LogP contribution in [0.2, 0.25) is 0 Å². The number of primary sulfonamides is 1. The van der Waals surface area contributed by atoms with Gasteiger partial charge < -0.3 is 14.2 Å². The molecule has 0 atom stereocenters. The van der Waals surface area contributed by atoms with Crippen molar-refractivity contribution in [1.82, 2.24) is 15.2 Å². The van der Waals surface area contributed by atoms with Gasteiger partial charge in [-0.15, -0.1) is 0 Å². The summed E-state index contributed by atoms with van der Waals surface area (Å²) in [5.74, 6) is 1.39. The molecule has 0 aliphatic rings. The van der Waals surface area contributed by atoms with E-state index in [1.165, 1.54) is 21.3 Å². The van der Waals surface area contributed by atoms with Gasteiger partial charge in [0.15, 0.2) is 17.3 Å². The number of hydrogen-bond acceptors (Lipinski definition) is 7. The highest BCUT2D eigenvalue weighted by molar-refractivity contribution is 7.89. The molecule has 0 unspecified atom stereocenters. The van der Waals surface area contributed by atoms with Crippen LogP contribution in [0.25, 0.3) is 11.4 Å². The van der Waals surface area contributed by atoms with Crippen molar-refractivity contribution in [2.75, 3.05) is 21.3 Å². The Hall–Kier alpha value is -2.33. The molecular weight excluding hydrogens is 300 g/mol. The molecule has 21 heavy (non-hydrogen) atoms. The Morgan fingerprint density at radius 3 is 2.10 bits per heavy atom. The molecule has 1 aromatic heterocycles. The van der Waals surface area contributed by atoms with E-state index in [1.54, 1.807) is 12.1 Å². The second-order valence-corrected chi connectivity index (χ2v) is 5.39. The summed E-state index contributed by atoms with van der Waals surface area (Å²) < 4.78 is 38.0. The number of nitrogens with one attached hydrogen (secondary N) is 1. The van der Waals surface area contributed by atoms with Crippen LogP contribution in [0.15, 0.2) is 17.3 Å². The predicted molar refractivity (Wildman–Crippen MR) is 72.8 cm³/mol. The molecule has 2 rings (SSSR count). The van der Waals surface area contributed by atoms with Crippen molar-refractivity contribution < 1.29 is 22.6 Å². The summed E-state index contributed by atoms with van der Waals surface area (Å²) in [6.07, 6.45) is 0. The smallest absolute Gasteiger partial charge is 0.273 e. The Kier molecular flexibility index (Phi) is 4.00. The minimum Gasteiger partial charge on any atom is -0.496 e. The molecule has 0 aliphatic carbocycles. The van der Waals surface area contributed by atoms with Crippen LogP contribution in [0.1, 0.15) is 0 Å². The number of sulfonamides is 1. The number of rotatable bonds is 5. The van der Waals surface area contributed by atoms with Gasteiger partial charge in [-0.1, -0.05) is 0 Å². The van der Waals surface area contributed by atoms with Gasteiger partial charge in [0.2, 0.25) is 0 Å². The van der Waals surface area contributed by atoms with Gasteiger partial charge in [0.1, 0.15) is 5.75 Å². The zero-order valence-corrected chi connectivity index (χ0v) is 12.4. The molecule has 114 valence electrons. The van der Waals surface area contributed by atoms with Gasteiger partial charge in [-0.25, -0.2) is 18.7 Å². The van der Waals surface area contributed by atoms with Crippen molar-refractivity contribution in [2.24, 2.45) is 5.14 Å². The third-order valence-corrected chi connectivity index (χ3v) is 3.40. The van der Waals surface area contributed by atoms with E-state index in [2.05, 4.69) is 15.2 Å². The average Bonchev–Trinajstić information content (AvgIpc) is 2.95. The lowest BCUT2D eigenvalue weighted by molar-refractivity contribution is 0.349. The second-order valence-electron chi connectivity index (χ2n) is 3.92. The van der Waals surface area contributed by atoms with Crippen LogP contribution in [0.3, 0.4) is 0 Å². The molecule has 9 nitrogen and oxygen atoms in total. The quantitative estimate of drug-likeness (QED) is 0.803. The number of nitrogens with zero attached hydrogens (tertiary/aromatic N) is 2. The molecule has 0 saturated carbocycles. The van der Waals surface area contributed by atoms with E-state index < -0.39 is 15.2 Å². The summed E-state index contributed by atoms with van der Waals surface area (Å²) in [6, 6.07) is 3.16. The Morgan fingerprint density at radius 2 is 1.62 bits per heavy atom. The van der Waals surface area contributed by atoms with Gasteiger partial charge in [-0.2, -0.15) is 10.1 Å². The normalized spacial score (nSPS) is 11.2. The SMILES string of the molecule is COc1cc(OC)c(-c2n[nH]c(S(N)(=O)=O)n2)cc1OC. The van der Waals surface area contributed by atoms with Crippen molar-refractivity contribution in [2.45, 2.75) is 5.16 Å². The summed E-state index contributed by atoms with van der Waals surface area (Å²) in [7, 11) is 0.455. The number of aromatic nitrogens is 3. The largest absolute Gasteiger partial charge is 0.496 e. The van der Waals surface area contributed by atoms with E-state index >= 15 is 0 Å². The molecule has 0 aliphatic heterocycles. The fourth-order valence-corrected chi connectivity index (χ4v) is 2.09. The first-order valence-electron chi connectivity index (χ1n) is 5.66. The average molecular weight is 314 g/mol. The Bertz CT molecular complexity index is 756. The van der Waals surface area contributed by atoms with Crippen LogP contribution in [-0.2, 0) is 10.0 Å². The molecule has 2 aromatic rings. The number of H-pyrrole nitrogens is 1. The monoisotopic (exact) mass is 314 g/mol. The summed E-state index contributed by atoms with van der Waals surface area (Å²) in [5.41, 5.74) is 0.432. The molecule has 0 saturated heterocycles. The molecule has 0 radical (unpaired) electrons. The molecule has 0 amide bonds. The van der Waals surface area contributed by atoms with Crippen LogP contribution in [0.4, 0.5) is 0 Å². The molecule has 0 bridgehead atoms. The van der Waals surface area contributed by atoms with Crippen LogP contribution in [0.5, 0.6) is 17.2 Å². The molecular formula is C11H14N4O5S. The molecule has 0 fully saturated rings. The van der Waals surface area contributed by atoms with Crippen LogP contribution >= 0.6 is 0 Å². The van der Waals surface area contributed by atoms with Gasteiger partial charge in [0, 0.05) is 6.07 Å². The minimum atomic E-state index is -3.96. The Labute approximate surface area is 121 Å². The van der Waals surface area contributed by atoms with Crippen LogP contribution in [0, 0.1) is 0 Å². The van der Waals surface area contributed by atoms with Crippen molar-refractivity contribution in [3.05, 3.63) is 12.1 Å². The maximum absolute atomic E-state index is 11.2. The summed E-state index contributed by atoms with van der Waals surface area (Å²) in [6.45, 7) is 0. The Morgan fingerprint density at radius 1 is 1.05 bits per heavy atom. The minimum absolute atomic E-state index is 0.108. The number of methoxy groups -OCH3 is 3. The van der Waals surface area contributed by atoms with Gasteiger partial charge in [0.25, 0.3) is 15.2 Å². The molecule has 0 spiro atoms. The lowest BCUT2D eigenvalue weighted by Gasteiger charge is -2.12. The lowest BCUT2D eigenvalue weighted by Crippen LogP contribution is -2.13. The van der Waals surface area contributed by atoms with E-state index in [0.29, 0.717) is 22.8 Å². The van der Waals surface area contributed by atoms with Crippen molar-refractivity contribution >= 4 is 10.0 Å². The van der Waals surface area contributed by atoms with E-state index in [0.717, 1.165) is 0 Å². The fraction of sp³-hybridized carbons (Fsp3) is 0.273. The zero-order valence-electron chi connectivity index (χ0n) is 11.6. The third kappa shape index (κ3) is 2.90. The predicted octanol–water partition coefficient (Wildman–Crippen LogP) is 0.145. The summed E-state index contributed by atoms with van der Waals surface area (Å²) in [5, 5.41) is 10.6. The van der Waals surface area contributed by atoms with Crippen molar-refractivity contribution in [3.8, 4) is 28.6 Å². The van der Waals surface area contributed by atoms with Gasteiger partial charge in [0.05, 0.1) is 26.9 Å². The van der Waals surface area contributed by atoms with Gasteiger partial charge in [-0.05, 0) is 6.07 Å². The topological polar surface area (TPSA) is 129 Å². The van der Waals surface area contributed by atoms with Crippen LogP contribution < -0.4 is 19.3 Å². The maximum atomic E-state index is 11.2. The van der Waals surface area contributed by atoms with E-state index in [9.17, 15) is 8.42 Å². The first kappa shape index (κ1) is 15.1. The van der Waals surface area contributed by atoms with Crippen molar-refractivity contribution in [1.29, 1.82) is 0 Å². The maximum Gasteiger partial charge on any atom is 0.273 e. The highest BCUT2D eigenvalue weighted by Gasteiger charge is 2.20.